The summed E-state index contributed by atoms with van der Waals surface area (Å²) in [6.45, 7) is 8.39. The van der Waals surface area contributed by atoms with Crippen molar-refractivity contribution in [3.05, 3.63) is 35.9 Å². The SMILES string of the molecule is CCC1CC(CC)CN(Cc2ccccc2)C1. The van der Waals surface area contributed by atoms with E-state index in [-0.39, 0.29) is 0 Å². The third-order valence-electron chi connectivity index (χ3n) is 4.10. The Balaban J connectivity index is 1.95. The molecule has 0 radical (unpaired) electrons. The van der Waals surface area contributed by atoms with Gasteiger partial charge in [0.25, 0.3) is 0 Å². The molecule has 1 aliphatic heterocycles. The van der Waals surface area contributed by atoms with Crippen LogP contribution in [0.15, 0.2) is 30.3 Å². The first-order chi connectivity index (χ1) is 8.31. The summed E-state index contributed by atoms with van der Waals surface area (Å²) in [5.74, 6) is 1.83. The van der Waals surface area contributed by atoms with Gasteiger partial charge in [0, 0.05) is 19.6 Å². The van der Waals surface area contributed by atoms with E-state index in [1.165, 1.54) is 37.9 Å². The zero-order valence-electron chi connectivity index (χ0n) is 11.2. The molecule has 0 N–H and O–H groups in total. The highest BCUT2D eigenvalue weighted by molar-refractivity contribution is 5.14. The zero-order valence-corrected chi connectivity index (χ0v) is 11.2. The lowest BCUT2D eigenvalue weighted by atomic mass is 9.86. The van der Waals surface area contributed by atoms with E-state index in [0.29, 0.717) is 0 Å². The largest absolute Gasteiger partial charge is 0.299 e. The van der Waals surface area contributed by atoms with Gasteiger partial charge in [-0.3, -0.25) is 4.90 Å². The van der Waals surface area contributed by atoms with E-state index >= 15 is 0 Å². The van der Waals surface area contributed by atoms with E-state index in [0.717, 1.165) is 18.4 Å². The topological polar surface area (TPSA) is 3.24 Å². The minimum atomic E-state index is 0.914. The van der Waals surface area contributed by atoms with Crippen molar-refractivity contribution in [3.63, 3.8) is 0 Å². The van der Waals surface area contributed by atoms with Crippen LogP contribution in [0.25, 0.3) is 0 Å². The second-order valence-electron chi connectivity index (χ2n) is 5.46. The quantitative estimate of drug-likeness (QED) is 0.758. The molecule has 0 bridgehead atoms. The predicted octanol–water partition coefficient (Wildman–Crippen LogP) is 3.94. The summed E-state index contributed by atoms with van der Waals surface area (Å²) < 4.78 is 0. The lowest BCUT2D eigenvalue weighted by Crippen LogP contribution is -2.39. The molecule has 17 heavy (non-hydrogen) atoms. The summed E-state index contributed by atoms with van der Waals surface area (Å²) in [7, 11) is 0. The van der Waals surface area contributed by atoms with Crippen LogP contribution in [0, 0.1) is 11.8 Å². The van der Waals surface area contributed by atoms with Crippen LogP contribution in [0.1, 0.15) is 38.7 Å². The molecule has 0 amide bonds. The highest BCUT2D eigenvalue weighted by Gasteiger charge is 2.24. The van der Waals surface area contributed by atoms with Crippen LogP contribution in [0.3, 0.4) is 0 Å². The predicted molar refractivity (Wildman–Crippen MR) is 73.9 cm³/mol. The Morgan fingerprint density at radius 1 is 1.00 bits per heavy atom. The molecule has 94 valence electrons. The monoisotopic (exact) mass is 231 g/mol. The molecule has 0 saturated carbocycles. The van der Waals surface area contributed by atoms with Crippen LogP contribution >= 0.6 is 0 Å². The lowest BCUT2D eigenvalue weighted by molar-refractivity contribution is 0.113. The number of nitrogens with zero attached hydrogens (tertiary/aromatic N) is 1. The molecule has 1 aliphatic rings. The summed E-state index contributed by atoms with van der Waals surface area (Å²) >= 11 is 0. The molecule has 2 unspecified atom stereocenters. The Morgan fingerprint density at radius 3 is 2.12 bits per heavy atom. The molecule has 1 nitrogen and oxygen atoms in total. The fraction of sp³-hybridized carbons (Fsp3) is 0.625. The molecule has 0 aromatic heterocycles. The van der Waals surface area contributed by atoms with Crippen molar-refractivity contribution < 1.29 is 0 Å². The average molecular weight is 231 g/mol. The number of likely N-dealkylation sites (tertiary alicyclic amines) is 1. The van der Waals surface area contributed by atoms with E-state index in [1.807, 2.05) is 0 Å². The van der Waals surface area contributed by atoms with Crippen molar-refractivity contribution in [1.29, 1.82) is 0 Å². The van der Waals surface area contributed by atoms with E-state index in [4.69, 9.17) is 0 Å². The zero-order chi connectivity index (χ0) is 12.1. The Labute approximate surface area is 106 Å². The maximum absolute atomic E-state index is 2.65. The standard InChI is InChI=1S/C16H25N/c1-3-14-10-15(4-2)12-17(11-14)13-16-8-6-5-7-9-16/h5-9,14-15H,3-4,10-13H2,1-2H3. The molecule has 1 fully saturated rings. The normalized spacial score (nSPS) is 26.0. The van der Waals surface area contributed by atoms with Crippen LogP contribution in [0.2, 0.25) is 0 Å². The van der Waals surface area contributed by atoms with Crippen LogP contribution in [-0.2, 0) is 6.54 Å². The third-order valence-corrected chi connectivity index (χ3v) is 4.10. The van der Waals surface area contributed by atoms with Crippen molar-refractivity contribution in [3.8, 4) is 0 Å². The molecule has 1 heteroatoms. The molecule has 1 aromatic rings. The van der Waals surface area contributed by atoms with E-state index < -0.39 is 0 Å². The Morgan fingerprint density at radius 2 is 1.59 bits per heavy atom. The van der Waals surface area contributed by atoms with Crippen LogP contribution in [0.4, 0.5) is 0 Å². The van der Waals surface area contributed by atoms with Crippen molar-refractivity contribution >= 4 is 0 Å². The first-order valence-corrected chi connectivity index (χ1v) is 7.08. The first-order valence-electron chi connectivity index (χ1n) is 7.08. The van der Waals surface area contributed by atoms with Crippen molar-refractivity contribution in [2.45, 2.75) is 39.7 Å². The van der Waals surface area contributed by atoms with Gasteiger partial charge < -0.3 is 0 Å². The van der Waals surface area contributed by atoms with Crippen molar-refractivity contribution in [2.75, 3.05) is 13.1 Å². The van der Waals surface area contributed by atoms with Crippen molar-refractivity contribution in [1.82, 2.24) is 4.90 Å². The van der Waals surface area contributed by atoms with Gasteiger partial charge in [-0.2, -0.15) is 0 Å². The van der Waals surface area contributed by atoms with E-state index in [1.54, 1.807) is 0 Å². The third kappa shape index (κ3) is 3.57. The second kappa shape index (κ2) is 6.20. The van der Waals surface area contributed by atoms with Crippen LogP contribution in [0.5, 0.6) is 0 Å². The fourth-order valence-corrected chi connectivity index (χ4v) is 2.99. The van der Waals surface area contributed by atoms with Gasteiger partial charge in [-0.05, 0) is 23.8 Å². The summed E-state index contributed by atoms with van der Waals surface area (Å²) in [4.78, 5) is 2.65. The minimum Gasteiger partial charge on any atom is -0.299 e. The molecule has 2 rings (SSSR count). The van der Waals surface area contributed by atoms with Gasteiger partial charge in [0.2, 0.25) is 0 Å². The van der Waals surface area contributed by atoms with Gasteiger partial charge in [0.15, 0.2) is 0 Å². The van der Waals surface area contributed by atoms with Gasteiger partial charge in [-0.25, -0.2) is 0 Å². The lowest BCUT2D eigenvalue weighted by Gasteiger charge is -2.37. The van der Waals surface area contributed by atoms with Crippen molar-refractivity contribution in [2.24, 2.45) is 11.8 Å². The summed E-state index contributed by atoms with van der Waals surface area (Å²) in [6.07, 6.45) is 4.11. The number of rotatable bonds is 4. The fourth-order valence-electron chi connectivity index (χ4n) is 2.99. The summed E-state index contributed by atoms with van der Waals surface area (Å²) in [5.41, 5.74) is 1.46. The van der Waals surface area contributed by atoms with E-state index in [2.05, 4.69) is 49.1 Å². The molecule has 1 saturated heterocycles. The molecular weight excluding hydrogens is 206 g/mol. The van der Waals surface area contributed by atoms with Gasteiger partial charge in [-0.1, -0.05) is 57.0 Å². The number of hydrogen-bond acceptors (Lipinski definition) is 1. The number of piperidine rings is 1. The molecule has 2 atom stereocenters. The molecular formula is C16H25N. The van der Waals surface area contributed by atoms with Crippen LogP contribution < -0.4 is 0 Å². The molecule has 0 aliphatic carbocycles. The molecule has 1 heterocycles. The van der Waals surface area contributed by atoms with Crippen LogP contribution in [-0.4, -0.2) is 18.0 Å². The highest BCUT2D eigenvalue weighted by Crippen LogP contribution is 2.27. The van der Waals surface area contributed by atoms with E-state index in [9.17, 15) is 0 Å². The summed E-state index contributed by atoms with van der Waals surface area (Å²) in [6, 6.07) is 10.9. The first kappa shape index (κ1) is 12.6. The Bertz CT molecular complexity index is 308. The summed E-state index contributed by atoms with van der Waals surface area (Å²) in [5, 5.41) is 0. The van der Waals surface area contributed by atoms with Gasteiger partial charge in [0.05, 0.1) is 0 Å². The maximum atomic E-state index is 2.65. The smallest absolute Gasteiger partial charge is 0.0233 e. The average Bonchev–Trinajstić information content (AvgIpc) is 2.39. The van der Waals surface area contributed by atoms with Gasteiger partial charge in [-0.15, -0.1) is 0 Å². The molecule has 1 aromatic carbocycles. The number of hydrogen-bond donors (Lipinski definition) is 0. The minimum absolute atomic E-state index is 0.914. The van der Waals surface area contributed by atoms with Gasteiger partial charge >= 0.3 is 0 Å². The number of benzene rings is 1. The second-order valence-corrected chi connectivity index (χ2v) is 5.46. The molecule has 0 spiro atoms. The Kier molecular flexibility index (Phi) is 4.61. The maximum Gasteiger partial charge on any atom is 0.0233 e. The Hall–Kier alpha value is -0.820. The highest BCUT2D eigenvalue weighted by atomic mass is 15.1. The van der Waals surface area contributed by atoms with Gasteiger partial charge in [0.1, 0.15) is 0 Å².